The van der Waals surface area contributed by atoms with Gasteiger partial charge < -0.3 is 15.1 Å². The Morgan fingerprint density at radius 2 is 1.86 bits per heavy atom. The molecule has 0 saturated heterocycles. The van der Waals surface area contributed by atoms with Crippen LogP contribution in [0.15, 0.2) is 10.5 Å². The molecule has 2 aromatic heterocycles. The third-order valence-corrected chi connectivity index (χ3v) is 3.64. The Morgan fingerprint density at radius 3 is 2.38 bits per heavy atom. The molecule has 0 bridgehead atoms. The molecule has 114 valence electrons. The van der Waals surface area contributed by atoms with Crippen LogP contribution in [0.4, 0.5) is 11.6 Å². The number of hydrogen-bond acceptors (Lipinski definition) is 5. The number of nitrogens with zero attached hydrogens (tertiary/aromatic N) is 2. The first-order valence-corrected chi connectivity index (χ1v) is 7.35. The highest BCUT2D eigenvalue weighted by Gasteiger charge is 2.16. The zero-order valence-electron chi connectivity index (χ0n) is 13.7. The minimum atomic E-state index is 0.130. The molecule has 0 spiro atoms. The summed E-state index contributed by atoms with van der Waals surface area (Å²) in [6, 6.07) is 2.20. The van der Waals surface area contributed by atoms with E-state index in [0.29, 0.717) is 0 Å². The molecule has 0 aliphatic rings. The number of furan rings is 1. The second-order valence-corrected chi connectivity index (χ2v) is 5.30. The molecule has 0 aliphatic carbocycles. The fraction of sp³-hybridized carbons (Fsp3) is 0.500. The van der Waals surface area contributed by atoms with Crippen molar-refractivity contribution in [3.8, 4) is 0 Å². The van der Waals surface area contributed by atoms with Crippen LogP contribution in [-0.2, 0) is 6.42 Å². The summed E-state index contributed by atoms with van der Waals surface area (Å²) in [4.78, 5) is 9.10. The van der Waals surface area contributed by atoms with Crippen LogP contribution in [0.2, 0.25) is 0 Å². The molecule has 0 aliphatic heterocycles. The predicted molar refractivity (Wildman–Crippen MR) is 85.9 cm³/mol. The van der Waals surface area contributed by atoms with E-state index in [1.807, 2.05) is 27.8 Å². The third kappa shape index (κ3) is 3.17. The van der Waals surface area contributed by atoms with E-state index in [1.54, 1.807) is 0 Å². The highest BCUT2D eigenvalue weighted by atomic mass is 16.3. The highest BCUT2D eigenvalue weighted by molar-refractivity contribution is 5.57. The van der Waals surface area contributed by atoms with E-state index in [9.17, 15) is 0 Å². The van der Waals surface area contributed by atoms with E-state index in [1.165, 1.54) is 0 Å². The summed E-state index contributed by atoms with van der Waals surface area (Å²) in [5.74, 6) is 4.46. The fourth-order valence-corrected chi connectivity index (χ4v) is 2.47. The Kier molecular flexibility index (Phi) is 4.50. The highest BCUT2D eigenvalue weighted by Crippen LogP contribution is 2.27. The van der Waals surface area contributed by atoms with Gasteiger partial charge in [0.05, 0.1) is 6.04 Å². The molecule has 1 atom stereocenters. The number of aryl methyl sites for hydroxylation is 3. The van der Waals surface area contributed by atoms with E-state index in [0.717, 1.165) is 46.5 Å². The Balaban J connectivity index is 2.32. The second kappa shape index (κ2) is 6.16. The summed E-state index contributed by atoms with van der Waals surface area (Å²) in [6.45, 7) is 10.1. The first-order valence-electron chi connectivity index (χ1n) is 7.35. The van der Waals surface area contributed by atoms with Gasteiger partial charge in [0, 0.05) is 24.6 Å². The number of hydrogen-bond donors (Lipinski definition) is 2. The van der Waals surface area contributed by atoms with Crippen molar-refractivity contribution in [1.82, 2.24) is 9.97 Å². The maximum atomic E-state index is 5.61. The summed E-state index contributed by atoms with van der Waals surface area (Å²) < 4.78 is 5.61. The zero-order chi connectivity index (χ0) is 15.6. The summed E-state index contributed by atoms with van der Waals surface area (Å²) in [7, 11) is 1.88. The van der Waals surface area contributed by atoms with E-state index >= 15 is 0 Å². The average Bonchev–Trinajstić information content (AvgIpc) is 2.80. The Bertz CT molecular complexity index is 633. The lowest BCUT2D eigenvalue weighted by molar-refractivity contribution is 0.499. The van der Waals surface area contributed by atoms with Crippen molar-refractivity contribution < 1.29 is 4.42 Å². The van der Waals surface area contributed by atoms with Crippen LogP contribution in [0.5, 0.6) is 0 Å². The van der Waals surface area contributed by atoms with Crippen LogP contribution >= 0.6 is 0 Å². The number of rotatable bonds is 5. The molecular formula is C16H24N4O. The lowest BCUT2D eigenvalue weighted by Crippen LogP contribution is -2.13. The molecule has 0 radical (unpaired) electrons. The summed E-state index contributed by atoms with van der Waals surface area (Å²) in [6.07, 6.45) is 0.807. The SMILES string of the molecule is CCc1nc(NC)c(C)c(NC(C)c2cc(C)oc2C)n1. The molecule has 0 saturated carbocycles. The monoisotopic (exact) mass is 288 g/mol. The second-order valence-electron chi connectivity index (χ2n) is 5.30. The predicted octanol–water partition coefficient (Wildman–Crippen LogP) is 3.77. The van der Waals surface area contributed by atoms with Crippen LogP contribution < -0.4 is 10.6 Å². The van der Waals surface area contributed by atoms with Gasteiger partial charge in [0.2, 0.25) is 0 Å². The molecule has 5 nitrogen and oxygen atoms in total. The van der Waals surface area contributed by atoms with Crippen molar-refractivity contribution in [3.63, 3.8) is 0 Å². The Labute approximate surface area is 126 Å². The molecule has 0 aromatic carbocycles. The van der Waals surface area contributed by atoms with Crippen molar-refractivity contribution in [2.75, 3.05) is 17.7 Å². The first kappa shape index (κ1) is 15.4. The number of nitrogens with one attached hydrogen (secondary N) is 2. The van der Waals surface area contributed by atoms with Gasteiger partial charge in [-0.25, -0.2) is 9.97 Å². The molecule has 2 heterocycles. The van der Waals surface area contributed by atoms with Crippen molar-refractivity contribution in [3.05, 3.63) is 34.5 Å². The minimum absolute atomic E-state index is 0.130. The quantitative estimate of drug-likeness (QED) is 0.876. The first-order chi connectivity index (χ1) is 9.96. The largest absolute Gasteiger partial charge is 0.466 e. The van der Waals surface area contributed by atoms with Gasteiger partial charge in [0.15, 0.2) is 0 Å². The van der Waals surface area contributed by atoms with E-state index in [2.05, 4.69) is 40.5 Å². The molecular weight excluding hydrogens is 264 g/mol. The molecule has 21 heavy (non-hydrogen) atoms. The van der Waals surface area contributed by atoms with Crippen molar-refractivity contribution in [2.24, 2.45) is 0 Å². The van der Waals surface area contributed by atoms with Gasteiger partial charge in [-0.15, -0.1) is 0 Å². The molecule has 0 amide bonds. The van der Waals surface area contributed by atoms with Gasteiger partial charge in [0.1, 0.15) is 29.0 Å². The van der Waals surface area contributed by atoms with E-state index < -0.39 is 0 Å². The van der Waals surface area contributed by atoms with Gasteiger partial charge in [-0.2, -0.15) is 0 Å². The molecule has 2 rings (SSSR count). The smallest absolute Gasteiger partial charge is 0.135 e. The van der Waals surface area contributed by atoms with Crippen molar-refractivity contribution >= 4 is 11.6 Å². The molecule has 0 fully saturated rings. The Morgan fingerprint density at radius 1 is 1.19 bits per heavy atom. The molecule has 1 unspecified atom stereocenters. The van der Waals surface area contributed by atoms with E-state index in [4.69, 9.17) is 4.42 Å². The van der Waals surface area contributed by atoms with Crippen LogP contribution in [0.3, 0.4) is 0 Å². The standard InChI is InChI=1S/C16H24N4O/c1-7-14-19-15(17-6)10(3)16(20-14)18-11(4)13-8-9(2)21-12(13)5/h8,11H,7H2,1-6H3,(H2,17,18,19,20). The van der Waals surface area contributed by atoms with Crippen LogP contribution in [0, 0.1) is 20.8 Å². The maximum absolute atomic E-state index is 5.61. The lowest BCUT2D eigenvalue weighted by Gasteiger charge is -2.18. The normalized spacial score (nSPS) is 12.3. The zero-order valence-corrected chi connectivity index (χ0v) is 13.7. The van der Waals surface area contributed by atoms with Crippen molar-refractivity contribution in [2.45, 2.75) is 47.1 Å². The Hall–Kier alpha value is -2.04. The third-order valence-electron chi connectivity index (χ3n) is 3.64. The average molecular weight is 288 g/mol. The molecule has 5 heteroatoms. The van der Waals surface area contributed by atoms with Gasteiger partial charge in [-0.3, -0.25) is 0 Å². The van der Waals surface area contributed by atoms with Crippen LogP contribution in [0.25, 0.3) is 0 Å². The number of aromatic nitrogens is 2. The van der Waals surface area contributed by atoms with Gasteiger partial charge >= 0.3 is 0 Å². The topological polar surface area (TPSA) is 63.0 Å². The lowest BCUT2D eigenvalue weighted by atomic mass is 10.1. The summed E-state index contributed by atoms with van der Waals surface area (Å²) >= 11 is 0. The maximum Gasteiger partial charge on any atom is 0.135 e. The minimum Gasteiger partial charge on any atom is -0.466 e. The van der Waals surface area contributed by atoms with E-state index in [-0.39, 0.29) is 6.04 Å². The summed E-state index contributed by atoms with van der Waals surface area (Å²) in [5.41, 5.74) is 2.19. The molecule has 2 N–H and O–H groups in total. The van der Waals surface area contributed by atoms with Crippen molar-refractivity contribution in [1.29, 1.82) is 0 Å². The van der Waals surface area contributed by atoms with Crippen LogP contribution in [-0.4, -0.2) is 17.0 Å². The van der Waals surface area contributed by atoms with Gasteiger partial charge in [-0.05, 0) is 33.8 Å². The fourth-order valence-electron chi connectivity index (χ4n) is 2.47. The van der Waals surface area contributed by atoms with Gasteiger partial charge in [0.25, 0.3) is 0 Å². The summed E-state index contributed by atoms with van der Waals surface area (Å²) in [5, 5.41) is 6.61. The van der Waals surface area contributed by atoms with Crippen LogP contribution in [0.1, 0.15) is 48.4 Å². The number of anilines is 2. The van der Waals surface area contributed by atoms with Gasteiger partial charge in [-0.1, -0.05) is 6.92 Å². The molecule has 2 aromatic rings.